The van der Waals surface area contributed by atoms with Crippen molar-refractivity contribution in [1.29, 1.82) is 5.26 Å². The predicted octanol–water partition coefficient (Wildman–Crippen LogP) is 6.30. The van der Waals surface area contributed by atoms with Gasteiger partial charge in [0.2, 0.25) is 0 Å². The molecule has 284 valence electrons. The van der Waals surface area contributed by atoms with Crippen LogP contribution < -0.4 is 15.0 Å². The van der Waals surface area contributed by atoms with Gasteiger partial charge < -0.3 is 28.8 Å². The maximum Gasteiger partial charge on any atom is 0.412 e. The normalized spacial score (nSPS) is 23.5. The first-order valence-electron chi connectivity index (χ1n) is 18.0. The predicted molar refractivity (Wildman–Crippen MR) is 201 cm³/mol. The number of rotatable bonds is 6. The first kappa shape index (κ1) is 36.3. The van der Waals surface area contributed by atoms with Crippen molar-refractivity contribution >= 4 is 60.3 Å². The number of thiophene rings is 1. The Bertz CT molecular complexity index is 2350. The van der Waals surface area contributed by atoms with E-state index >= 15 is 4.39 Å². The number of anilines is 2. The van der Waals surface area contributed by atoms with Gasteiger partial charge in [0.05, 0.1) is 52.2 Å². The molecule has 3 aliphatic rings. The van der Waals surface area contributed by atoms with Crippen molar-refractivity contribution in [1.82, 2.24) is 24.4 Å². The minimum Gasteiger partial charge on any atom is -0.461 e. The maximum absolute atomic E-state index is 15.5. The van der Waals surface area contributed by atoms with Gasteiger partial charge >= 0.3 is 12.1 Å². The summed E-state index contributed by atoms with van der Waals surface area (Å²) in [4.78, 5) is 31.6. The fourth-order valence-electron chi connectivity index (χ4n) is 8.28. The highest BCUT2D eigenvalue weighted by atomic mass is 32.1. The highest BCUT2D eigenvalue weighted by Crippen LogP contribution is 2.46. The fourth-order valence-corrected chi connectivity index (χ4v) is 9.35. The molecule has 3 saturated heterocycles. The second kappa shape index (κ2) is 13.3. The van der Waals surface area contributed by atoms with E-state index in [0.29, 0.717) is 65.1 Å². The van der Waals surface area contributed by atoms with E-state index in [4.69, 9.17) is 29.2 Å². The van der Waals surface area contributed by atoms with Gasteiger partial charge in [-0.05, 0) is 65.3 Å². The van der Waals surface area contributed by atoms with Crippen LogP contribution in [0.4, 0.5) is 24.4 Å². The molecule has 2 N–H and O–H groups in total. The Morgan fingerprint density at radius 3 is 2.83 bits per heavy atom. The van der Waals surface area contributed by atoms with Crippen LogP contribution in [0, 0.1) is 17.1 Å². The first-order valence-corrected chi connectivity index (χ1v) is 18.9. The summed E-state index contributed by atoms with van der Waals surface area (Å²) < 4.78 is 49.8. The molecule has 16 heteroatoms. The monoisotopic (exact) mass is 760 g/mol. The molecule has 5 aromatic rings. The van der Waals surface area contributed by atoms with Crippen molar-refractivity contribution in [3.05, 3.63) is 35.8 Å². The molecular weight excluding hydrogens is 719 g/mol. The van der Waals surface area contributed by atoms with Crippen LogP contribution in [0.3, 0.4) is 0 Å². The van der Waals surface area contributed by atoms with Crippen LogP contribution in [0.15, 0.2) is 24.4 Å². The lowest BCUT2D eigenvalue weighted by Crippen LogP contribution is -2.44. The number of hydrogen-bond donors (Lipinski definition) is 2. The number of β-amino-alcohol motifs (C(OH)–C–C–N with tert-alkyl or cyclic N) is 1. The third kappa shape index (κ3) is 6.36. The molecule has 0 spiro atoms. The molecule has 7 heterocycles. The number of carbonyl (C=O) groups is 1. The third-order valence-corrected chi connectivity index (χ3v) is 11.6. The minimum absolute atomic E-state index is 0.0821. The van der Waals surface area contributed by atoms with Gasteiger partial charge in [-0.25, -0.2) is 13.6 Å². The lowest BCUT2D eigenvalue weighted by molar-refractivity contribution is -0.0123. The van der Waals surface area contributed by atoms with Gasteiger partial charge in [0, 0.05) is 49.1 Å². The van der Waals surface area contributed by atoms with E-state index in [-0.39, 0.29) is 41.0 Å². The van der Waals surface area contributed by atoms with Crippen LogP contribution >= 0.6 is 11.3 Å². The molecule has 0 radical (unpaired) electrons. The van der Waals surface area contributed by atoms with E-state index in [1.165, 1.54) is 6.07 Å². The summed E-state index contributed by atoms with van der Waals surface area (Å²) in [5.74, 6) is -0.0239. The van der Waals surface area contributed by atoms with E-state index in [1.807, 2.05) is 22.6 Å². The van der Waals surface area contributed by atoms with E-state index in [2.05, 4.69) is 16.3 Å². The first-order chi connectivity index (χ1) is 25.7. The Labute approximate surface area is 314 Å². The lowest BCUT2D eigenvalue weighted by Gasteiger charge is -2.31. The number of nitrogens with one attached hydrogen (secondary N) is 1. The molecule has 8 rings (SSSR count). The van der Waals surface area contributed by atoms with Crippen LogP contribution in [0.1, 0.15) is 52.5 Å². The van der Waals surface area contributed by atoms with Crippen molar-refractivity contribution in [2.24, 2.45) is 7.05 Å². The summed E-state index contributed by atoms with van der Waals surface area (Å²) in [7, 11) is 1.84. The number of benzene rings is 1. The average Bonchev–Trinajstić information content (AvgIpc) is 3.79. The van der Waals surface area contributed by atoms with Gasteiger partial charge in [-0.1, -0.05) is 0 Å². The topological polar surface area (TPSA) is 151 Å². The number of nitrogens with zero attached hydrogens (tertiary/aromatic N) is 7. The zero-order valence-electron chi connectivity index (χ0n) is 30.8. The number of nitriles is 1. The zero-order valence-corrected chi connectivity index (χ0v) is 31.6. The molecule has 54 heavy (non-hydrogen) atoms. The minimum atomic E-state index is -1.17. The summed E-state index contributed by atoms with van der Waals surface area (Å²) in [6.45, 7) is 9.51. The molecule has 0 bridgehead atoms. The molecule has 1 aromatic carbocycles. The van der Waals surface area contributed by atoms with Crippen molar-refractivity contribution < 1.29 is 32.9 Å². The number of amides is 1. The van der Waals surface area contributed by atoms with E-state index in [1.54, 1.807) is 40.0 Å². The third-order valence-electron chi connectivity index (χ3n) is 10.4. The highest BCUT2D eigenvalue weighted by molar-refractivity contribution is 7.23. The van der Waals surface area contributed by atoms with E-state index in [0.717, 1.165) is 36.1 Å². The van der Waals surface area contributed by atoms with Gasteiger partial charge in [0.15, 0.2) is 0 Å². The van der Waals surface area contributed by atoms with Crippen LogP contribution in [-0.4, -0.2) is 105 Å². The Morgan fingerprint density at radius 2 is 2.06 bits per heavy atom. The summed E-state index contributed by atoms with van der Waals surface area (Å²) in [6.07, 6.45) is 2.15. The standard InChI is InChI=1S/C38H42F2N8O5S/c1-36(2,3)53-35(49)45-33-24(16-41)26-22(7-8-25(40)30(26)54-33)28-29-23(9-11-42-28)27-31(46(29)5)43-34(44-32(27)47-13-14-51-19-37(4,50)18-47)52-20-38-10-6-12-48(38)17-21(39)15-38/h7-9,11,21,50H,6,10,12-15,17-20H2,1-5H3,(H,45,49)/t21-,37+,38+/m1/s1. The Hall–Kier alpha value is -4.69. The van der Waals surface area contributed by atoms with Crippen molar-refractivity contribution in [2.45, 2.75) is 69.9 Å². The molecule has 13 nitrogen and oxygen atoms in total. The second-order valence-electron chi connectivity index (χ2n) is 15.8. The number of ether oxygens (including phenoxy) is 3. The highest BCUT2D eigenvalue weighted by Gasteiger charge is 2.49. The van der Waals surface area contributed by atoms with Crippen molar-refractivity contribution in [3.63, 3.8) is 0 Å². The summed E-state index contributed by atoms with van der Waals surface area (Å²) in [5, 5.41) is 26.1. The van der Waals surface area contributed by atoms with Crippen molar-refractivity contribution in [3.8, 4) is 23.3 Å². The van der Waals surface area contributed by atoms with Gasteiger partial charge in [-0.3, -0.25) is 15.2 Å². The van der Waals surface area contributed by atoms with Crippen LogP contribution in [0.5, 0.6) is 6.01 Å². The van der Waals surface area contributed by atoms with Crippen LogP contribution in [0.2, 0.25) is 0 Å². The average molecular weight is 761 g/mol. The number of pyridine rings is 1. The number of aryl methyl sites for hydroxylation is 1. The lowest BCUT2D eigenvalue weighted by atomic mass is 9.95. The van der Waals surface area contributed by atoms with Crippen LogP contribution in [0.25, 0.3) is 43.3 Å². The van der Waals surface area contributed by atoms with E-state index < -0.39 is 34.8 Å². The SMILES string of the molecule is Cn1c2nc(OC[C@@]34CCCN3C[C@H](F)C4)nc(N3CCOC[C@@](C)(O)C3)c2c2ccnc(-c3ccc(F)c4sc(NC(=O)OC(C)(C)C)c(C#N)c34)c21. The Morgan fingerprint density at radius 1 is 1.24 bits per heavy atom. The quantitative estimate of drug-likeness (QED) is 0.201. The van der Waals surface area contributed by atoms with Gasteiger partial charge in [0.1, 0.15) is 52.3 Å². The number of halogens is 2. The fraction of sp³-hybridized carbons (Fsp3) is 0.500. The van der Waals surface area contributed by atoms with Gasteiger partial charge in [-0.2, -0.15) is 15.2 Å². The molecule has 0 unspecified atom stereocenters. The number of fused-ring (bicyclic) bond motifs is 5. The molecular formula is C38H42F2N8O5S. The Balaban J connectivity index is 1.30. The van der Waals surface area contributed by atoms with Gasteiger partial charge in [0.25, 0.3) is 0 Å². The maximum atomic E-state index is 15.5. The van der Waals surface area contributed by atoms with Crippen LogP contribution in [-0.2, 0) is 16.5 Å². The summed E-state index contributed by atoms with van der Waals surface area (Å²) >= 11 is 0.948. The van der Waals surface area contributed by atoms with E-state index in [9.17, 15) is 19.6 Å². The van der Waals surface area contributed by atoms with Gasteiger partial charge in [-0.15, -0.1) is 11.3 Å². The second-order valence-corrected chi connectivity index (χ2v) is 16.8. The molecule has 1 amide bonds. The molecule has 3 fully saturated rings. The molecule has 0 aliphatic carbocycles. The molecule has 3 atom stereocenters. The number of aliphatic hydroxyl groups is 1. The largest absolute Gasteiger partial charge is 0.461 e. The smallest absolute Gasteiger partial charge is 0.412 e. The molecule has 3 aliphatic heterocycles. The molecule has 0 saturated carbocycles. The van der Waals surface area contributed by atoms with Crippen molar-refractivity contribution in [2.75, 3.05) is 56.2 Å². The zero-order chi connectivity index (χ0) is 38.2. The Kier molecular flexibility index (Phi) is 8.91. The number of aromatic nitrogens is 4. The molecule has 4 aromatic heterocycles. The summed E-state index contributed by atoms with van der Waals surface area (Å²) in [6, 6.07) is 7.05. The number of carbonyl (C=O) groups excluding carboxylic acids is 1. The summed E-state index contributed by atoms with van der Waals surface area (Å²) in [5.41, 5.74) is -0.200. The number of hydrogen-bond acceptors (Lipinski definition) is 12. The number of alkyl halides is 1.